The molecule has 1 atom stereocenters. The summed E-state index contributed by atoms with van der Waals surface area (Å²) in [5.74, 6) is 0.610. The highest BCUT2D eigenvalue weighted by molar-refractivity contribution is 5.27. The highest BCUT2D eigenvalue weighted by atomic mass is 16.5. The van der Waals surface area contributed by atoms with E-state index in [1.165, 1.54) is 0 Å². The van der Waals surface area contributed by atoms with Gasteiger partial charge in [0.25, 0.3) is 0 Å². The molecule has 5 heteroatoms. The van der Waals surface area contributed by atoms with Crippen LogP contribution in [-0.2, 0) is 11.3 Å². The van der Waals surface area contributed by atoms with Crippen LogP contribution in [0.1, 0.15) is 39.0 Å². The number of aromatic nitrogens is 2. The summed E-state index contributed by atoms with van der Waals surface area (Å²) in [7, 11) is 1.58. The van der Waals surface area contributed by atoms with E-state index < -0.39 is 6.10 Å². The number of hydrogen-bond donors (Lipinski definition) is 1. The smallest absolute Gasteiger partial charge is 0.162 e. The van der Waals surface area contributed by atoms with Crippen molar-refractivity contribution in [3.05, 3.63) is 11.9 Å². The topological polar surface area (TPSA) is 56.5 Å². The lowest BCUT2D eigenvalue weighted by molar-refractivity contribution is 0.000546. The Hall–Kier alpha value is -1.07. The van der Waals surface area contributed by atoms with Gasteiger partial charge in [0.1, 0.15) is 11.8 Å². The maximum Gasteiger partial charge on any atom is 0.162 e. The molecule has 1 unspecified atom stereocenters. The molecule has 0 radical (unpaired) electrons. The largest absolute Gasteiger partial charge is 0.493 e. The van der Waals surface area contributed by atoms with E-state index in [9.17, 15) is 5.11 Å². The van der Waals surface area contributed by atoms with Gasteiger partial charge in [-0.15, -0.1) is 0 Å². The summed E-state index contributed by atoms with van der Waals surface area (Å²) >= 11 is 0. The van der Waals surface area contributed by atoms with E-state index in [0.717, 1.165) is 13.0 Å². The van der Waals surface area contributed by atoms with E-state index in [1.54, 1.807) is 18.0 Å². The molecule has 0 aliphatic rings. The molecule has 1 N–H and O–H groups in total. The zero-order chi connectivity index (χ0) is 12.8. The third kappa shape index (κ3) is 3.71. The zero-order valence-electron chi connectivity index (χ0n) is 11.0. The van der Waals surface area contributed by atoms with E-state index in [1.807, 2.05) is 13.8 Å². The molecule has 0 saturated carbocycles. The fourth-order valence-corrected chi connectivity index (χ4v) is 1.62. The van der Waals surface area contributed by atoms with Gasteiger partial charge in [0.15, 0.2) is 5.75 Å². The SMILES string of the molecule is CCCn1ncc(OC)c1C(O)COC(C)C. The van der Waals surface area contributed by atoms with Gasteiger partial charge in [0, 0.05) is 6.54 Å². The first-order chi connectivity index (χ1) is 8.10. The average Bonchev–Trinajstić information content (AvgIpc) is 2.69. The molecule has 0 spiro atoms. The maximum absolute atomic E-state index is 10.1. The summed E-state index contributed by atoms with van der Waals surface area (Å²) in [6, 6.07) is 0. The molecule has 1 heterocycles. The highest BCUT2D eigenvalue weighted by Crippen LogP contribution is 2.25. The first-order valence-electron chi connectivity index (χ1n) is 5.99. The van der Waals surface area contributed by atoms with Gasteiger partial charge >= 0.3 is 0 Å². The van der Waals surface area contributed by atoms with Gasteiger partial charge < -0.3 is 14.6 Å². The van der Waals surface area contributed by atoms with Crippen LogP contribution < -0.4 is 4.74 Å². The van der Waals surface area contributed by atoms with Crippen molar-refractivity contribution >= 4 is 0 Å². The van der Waals surface area contributed by atoms with Crippen molar-refractivity contribution < 1.29 is 14.6 Å². The summed E-state index contributed by atoms with van der Waals surface area (Å²) in [6.45, 7) is 6.95. The zero-order valence-corrected chi connectivity index (χ0v) is 11.0. The number of aliphatic hydroxyl groups excluding tert-OH is 1. The summed E-state index contributed by atoms with van der Waals surface area (Å²) in [5, 5.41) is 14.3. The molecule has 5 nitrogen and oxygen atoms in total. The predicted octanol–water partition coefficient (Wildman–Crippen LogP) is 1.76. The molecule has 1 aromatic heterocycles. The molecule has 0 amide bonds. The third-order valence-electron chi connectivity index (χ3n) is 2.40. The minimum absolute atomic E-state index is 0.0955. The third-order valence-corrected chi connectivity index (χ3v) is 2.40. The molecular weight excluding hydrogens is 220 g/mol. The lowest BCUT2D eigenvalue weighted by Crippen LogP contribution is -2.16. The molecule has 0 fully saturated rings. The monoisotopic (exact) mass is 242 g/mol. The summed E-state index contributed by atoms with van der Waals surface area (Å²) in [6.07, 6.45) is 1.97. The van der Waals surface area contributed by atoms with Crippen LogP contribution in [0, 0.1) is 0 Å². The molecule has 17 heavy (non-hydrogen) atoms. The minimum atomic E-state index is -0.707. The second-order valence-electron chi connectivity index (χ2n) is 4.22. The Morgan fingerprint density at radius 1 is 1.47 bits per heavy atom. The van der Waals surface area contributed by atoms with E-state index in [0.29, 0.717) is 11.4 Å². The lowest BCUT2D eigenvalue weighted by Gasteiger charge is -2.16. The van der Waals surface area contributed by atoms with E-state index in [2.05, 4.69) is 12.0 Å². The van der Waals surface area contributed by atoms with Crippen LogP contribution in [0.2, 0.25) is 0 Å². The number of nitrogens with zero attached hydrogens (tertiary/aromatic N) is 2. The number of hydrogen-bond acceptors (Lipinski definition) is 4. The van der Waals surface area contributed by atoms with Crippen LogP contribution in [0.5, 0.6) is 5.75 Å². The van der Waals surface area contributed by atoms with Crippen molar-refractivity contribution in [3.63, 3.8) is 0 Å². The molecule has 0 saturated heterocycles. The van der Waals surface area contributed by atoms with Crippen molar-refractivity contribution in [1.82, 2.24) is 9.78 Å². The molecule has 0 bridgehead atoms. The maximum atomic E-state index is 10.1. The van der Waals surface area contributed by atoms with Crippen LogP contribution in [0.4, 0.5) is 0 Å². The van der Waals surface area contributed by atoms with E-state index in [-0.39, 0.29) is 12.7 Å². The fraction of sp³-hybridized carbons (Fsp3) is 0.750. The Morgan fingerprint density at radius 2 is 2.18 bits per heavy atom. The van der Waals surface area contributed by atoms with Crippen LogP contribution >= 0.6 is 0 Å². The first-order valence-corrected chi connectivity index (χ1v) is 5.99. The molecule has 1 rings (SSSR count). The Balaban J connectivity index is 2.80. The second kappa shape index (κ2) is 6.61. The van der Waals surface area contributed by atoms with Gasteiger partial charge in [-0.05, 0) is 20.3 Å². The van der Waals surface area contributed by atoms with Gasteiger partial charge in [0.05, 0.1) is 26.0 Å². The molecular formula is C12H22N2O3. The fourth-order valence-electron chi connectivity index (χ4n) is 1.62. The Morgan fingerprint density at radius 3 is 2.71 bits per heavy atom. The van der Waals surface area contributed by atoms with Gasteiger partial charge in [-0.2, -0.15) is 5.10 Å². The van der Waals surface area contributed by atoms with Crippen molar-refractivity contribution in [2.75, 3.05) is 13.7 Å². The minimum Gasteiger partial charge on any atom is -0.493 e. The van der Waals surface area contributed by atoms with Crippen molar-refractivity contribution in [1.29, 1.82) is 0 Å². The van der Waals surface area contributed by atoms with Gasteiger partial charge in [0.2, 0.25) is 0 Å². The van der Waals surface area contributed by atoms with Crippen LogP contribution in [-0.4, -0.2) is 34.7 Å². The average molecular weight is 242 g/mol. The molecule has 98 valence electrons. The molecule has 0 aromatic carbocycles. The molecule has 1 aromatic rings. The molecule has 0 aliphatic heterocycles. The van der Waals surface area contributed by atoms with Gasteiger partial charge in [-0.25, -0.2) is 0 Å². The number of methoxy groups -OCH3 is 1. The number of aryl methyl sites for hydroxylation is 1. The van der Waals surface area contributed by atoms with Crippen LogP contribution in [0.25, 0.3) is 0 Å². The highest BCUT2D eigenvalue weighted by Gasteiger charge is 2.20. The van der Waals surface area contributed by atoms with Gasteiger partial charge in [-0.3, -0.25) is 4.68 Å². The Bertz CT molecular complexity index is 336. The Labute approximate surface area is 102 Å². The standard InChI is InChI=1S/C12H22N2O3/c1-5-6-14-12(11(16-4)7-13-14)10(15)8-17-9(2)3/h7,9-10,15H,5-6,8H2,1-4H3. The quantitative estimate of drug-likeness (QED) is 0.791. The Kier molecular flexibility index (Phi) is 5.44. The summed E-state index contributed by atoms with van der Waals surface area (Å²) in [5.41, 5.74) is 0.690. The second-order valence-corrected chi connectivity index (χ2v) is 4.22. The predicted molar refractivity (Wildman–Crippen MR) is 65.1 cm³/mol. The van der Waals surface area contributed by atoms with Crippen molar-refractivity contribution in [2.24, 2.45) is 0 Å². The normalized spacial score (nSPS) is 13.1. The van der Waals surface area contributed by atoms with Crippen molar-refractivity contribution in [3.8, 4) is 5.75 Å². The summed E-state index contributed by atoms with van der Waals surface area (Å²) < 4.78 is 12.4. The summed E-state index contributed by atoms with van der Waals surface area (Å²) in [4.78, 5) is 0. The van der Waals surface area contributed by atoms with Gasteiger partial charge in [-0.1, -0.05) is 6.92 Å². The number of ether oxygens (including phenoxy) is 2. The van der Waals surface area contributed by atoms with E-state index in [4.69, 9.17) is 9.47 Å². The molecule has 0 aliphatic carbocycles. The van der Waals surface area contributed by atoms with E-state index >= 15 is 0 Å². The number of rotatable bonds is 7. The van der Waals surface area contributed by atoms with Crippen LogP contribution in [0.3, 0.4) is 0 Å². The number of aliphatic hydroxyl groups is 1. The van der Waals surface area contributed by atoms with Crippen LogP contribution in [0.15, 0.2) is 6.20 Å². The first kappa shape index (κ1) is 14.0. The lowest BCUT2D eigenvalue weighted by atomic mass is 10.2. The van der Waals surface area contributed by atoms with Crippen molar-refractivity contribution in [2.45, 2.75) is 45.9 Å².